The van der Waals surface area contributed by atoms with Crippen LogP contribution in [0, 0.1) is 5.92 Å². The van der Waals surface area contributed by atoms with E-state index in [9.17, 15) is 9.59 Å². The number of rotatable bonds is 12. The molecule has 2 aliphatic rings. The van der Waals surface area contributed by atoms with Gasteiger partial charge in [0.2, 0.25) is 0 Å². The molecule has 2 aromatic carbocycles. The van der Waals surface area contributed by atoms with Gasteiger partial charge in [-0.05, 0) is 87.0 Å². The Labute approximate surface area is 246 Å². The molecule has 1 atom stereocenters. The summed E-state index contributed by atoms with van der Waals surface area (Å²) in [5.74, 6) is 1.20. The first-order chi connectivity index (χ1) is 20.0. The molecule has 4 rings (SSSR count). The second kappa shape index (κ2) is 15.8. The summed E-state index contributed by atoms with van der Waals surface area (Å²) in [5.41, 5.74) is 2.63. The number of urea groups is 1. The molecular weight excluding hydrogens is 516 g/mol. The lowest BCUT2D eigenvalue weighted by atomic mass is 9.94. The van der Waals surface area contributed by atoms with E-state index in [-0.39, 0.29) is 11.9 Å². The molecule has 2 aromatic rings. The monoisotopic (exact) mass is 564 g/mol. The second-order valence-electron chi connectivity index (χ2n) is 11.5. The third kappa shape index (κ3) is 9.20. The normalized spacial score (nSPS) is 17.0. The van der Waals surface area contributed by atoms with Crippen molar-refractivity contribution in [1.29, 1.82) is 0 Å². The van der Waals surface area contributed by atoms with Gasteiger partial charge in [0.05, 0.1) is 20.3 Å². The van der Waals surface area contributed by atoms with Gasteiger partial charge < -0.3 is 29.5 Å². The van der Waals surface area contributed by atoms with Crippen LogP contribution in [0.1, 0.15) is 61.9 Å². The smallest absolute Gasteiger partial charge is 0.320 e. The Morgan fingerprint density at radius 3 is 2.41 bits per heavy atom. The lowest BCUT2D eigenvalue weighted by Crippen LogP contribution is -2.51. The number of unbranched alkanes of at least 4 members (excludes halogenated alkanes) is 2. The van der Waals surface area contributed by atoms with Gasteiger partial charge in [-0.15, -0.1) is 0 Å². The van der Waals surface area contributed by atoms with E-state index >= 15 is 0 Å². The van der Waals surface area contributed by atoms with Crippen molar-refractivity contribution in [3.8, 4) is 5.75 Å². The number of amides is 3. The second-order valence-corrected chi connectivity index (χ2v) is 11.5. The minimum Gasteiger partial charge on any atom is -0.497 e. The summed E-state index contributed by atoms with van der Waals surface area (Å²) in [6.07, 6.45) is 6.68. The number of anilines is 1. The van der Waals surface area contributed by atoms with E-state index in [1.54, 1.807) is 31.4 Å². The number of ether oxygens (including phenoxy) is 2. The standard InChI is InChI=1S/C33H48N4O4/c1-4-5-6-16-37(25-27-14-17-35(18-15-27)33(39)36-19-21-41-22-20-36)26(2)23-28-8-7-9-30(24-28)34-32(38)29-10-12-31(40-3)13-11-29/h7-13,24,26-27H,4-6,14-23,25H2,1-3H3,(H,34,38). The summed E-state index contributed by atoms with van der Waals surface area (Å²) >= 11 is 0. The maximum atomic E-state index is 12.9. The zero-order valence-electron chi connectivity index (χ0n) is 25.1. The quantitative estimate of drug-likeness (QED) is 0.343. The van der Waals surface area contributed by atoms with Crippen LogP contribution in [0.3, 0.4) is 0 Å². The van der Waals surface area contributed by atoms with Crippen molar-refractivity contribution < 1.29 is 19.1 Å². The fourth-order valence-corrected chi connectivity index (χ4v) is 5.84. The predicted octanol–water partition coefficient (Wildman–Crippen LogP) is 5.53. The molecule has 224 valence electrons. The Morgan fingerprint density at radius 1 is 1.02 bits per heavy atom. The molecule has 0 saturated carbocycles. The van der Waals surface area contributed by atoms with Crippen molar-refractivity contribution in [3.05, 3.63) is 59.7 Å². The molecule has 1 N–H and O–H groups in total. The highest BCUT2D eigenvalue weighted by Crippen LogP contribution is 2.23. The van der Waals surface area contributed by atoms with Gasteiger partial charge in [0.1, 0.15) is 5.75 Å². The highest BCUT2D eigenvalue weighted by Gasteiger charge is 2.29. The lowest BCUT2D eigenvalue weighted by molar-refractivity contribution is 0.0386. The number of piperidine rings is 1. The molecule has 3 amide bonds. The van der Waals surface area contributed by atoms with Gasteiger partial charge in [0.25, 0.3) is 5.91 Å². The van der Waals surface area contributed by atoms with Gasteiger partial charge in [-0.3, -0.25) is 4.79 Å². The summed E-state index contributed by atoms with van der Waals surface area (Å²) in [5, 5.41) is 3.05. The summed E-state index contributed by atoms with van der Waals surface area (Å²) < 4.78 is 10.6. The van der Waals surface area contributed by atoms with Crippen LogP contribution >= 0.6 is 0 Å². The molecule has 0 radical (unpaired) electrons. The van der Waals surface area contributed by atoms with Gasteiger partial charge in [-0.2, -0.15) is 0 Å². The number of morpholine rings is 1. The number of hydrogen-bond donors (Lipinski definition) is 1. The van der Waals surface area contributed by atoms with Crippen molar-refractivity contribution >= 4 is 17.6 Å². The van der Waals surface area contributed by atoms with Gasteiger partial charge >= 0.3 is 6.03 Å². The van der Waals surface area contributed by atoms with Gasteiger partial charge in [0, 0.05) is 50.0 Å². The van der Waals surface area contributed by atoms with Crippen LogP contribution in [0.15, 0.2) is 48.5 Å². The van der Waals surface area contributed by atoms with Crippen LogP contribution in [0.5, 0.6) is 5.75 Å². The van der Waals surface area contributed by atoms with Gasteiger partial charge in [-0.1, -0.05) is 31.9 Å². The molecule has 2 saturated heterocycles. The molecule has 2 fully saturated rings. The van der Waals surface area contributed by atoms with Gasteiger partial charge in [0.15, 0.2) is 0 Å². The van der Waals surface area contributed by atoms with E-state index in [4.69, 9.17) is 9.47 Å². The summed E-state index contributed by atoms with van der Waals surface area (Å²) in [7, 11) is 1.62. The van der Waals surface area contributed by atoms with E-state index in [2.05, 4.69) is 36.2 Å². The maximum Gasteiger partial charge on any atom is 0.320 e. The van der Waals surface area contributed by atoms with Crippen molar-refractivity contribution in [2.24, 2.45) is 5.92 Å². The number of carbonyl (C=O) groups excluding carboxylic acids is 2. The third-order valence-corrected chi connectivity index (χ3v) is 8.40. The molecule has 0 spiro atoms. The Morgan fingerprint density at radius 2 is 1.73 bits per heavy atom. The Hall–Kier alpha value is -3.10. The SMILES string of the molecule is CCCCCN(CC1CCN(C(=O)N2CCOCC2)CC1)C(C)Cc1cccc(NC(=O)c2ccc(OC)cc2)c1. The number of likely N-dealkylation sites (tertiary alicyclic amines) is 1. The zero-order chi connectivity index (χ0) is 29.0. The zero-order valence-corrected chi connectivity index (χ0v) is 25.1. The first-order valence-corrected chi connectivity index (χ1v) is 15.4. The van der Waals surface area contributed by atoms with Crippen molar-refractivity contribution in [2.45, 2.75) is 58.4 Å². The molecule has 0 aliphatic carbocycles. The molecule has 8 heteroatoms. The highest BCUT2D eigenvalue weighted by molar-refractivity contribution is 6.04. The number of benzene rings is 2. The topological polar surface area (TPSA) is 74.4 Å². The van der Waals surface area contributed by atoms with Crippen molar-refractivity contribution in [2.75, 3.05) is 64.9 Å². The highest BCUT2D eigenvalue weighted by atomic mass is 16.5. The Kier molecular flexibility index (Phi) is 11.9. The molecule has 8 nitrogen and oxygen atoms in total. The maximum absolute atomic E-state index is 12.9. The minimum absolute atomic E-state index is 0.127. The fraction of sp³-hybridized carbons (Fsp3) is 0.576. The first-order valence-electron chi connectivity index (χ1n) is 15.4. The van der Waals surface area contributed by atoms with Crippen LogP contribution in [0.4, 0.5) is 10.5 Å². The first kappa shape index (κ1) is 30.8. The number of nitrogens with zero attached hydrogens (tertiary/aromatic N) is 3. The van der Waals surface area contributed by atoms with Crippen LogP contribution in [-0.4, -0.2) is 92.3 Å². The van der Waals surface area contributed by atoms with Crippen LogP contribution in [0.2, 0.25) is 0 Å². The van der Waals surface area contributed by atoms with Crippen molar-refractivity contribution in [3.63, 3.8) is 0 Å². The number of nitrogens with one attached hydrogen (secondary N) is 1. The summed E-state index contributed by atoms with van der Waals surface area (Å²) in [6.45, 7) is 11.1. The van der Waals surface area contributed by atoms with E-state index < -0.39 is 0 Å². The molecular formula is C33H48N4O4. The van der Waals surface area contributed by atoms with E-state index in [1.165, 1.54) is 24.8 Å². The minimum atomic E-state index is -0.127. The number of hydrogen-bond acceptors (Lipinski definition) is 5. The Bertz CT molecular complexity index is 1090. The average molecular weight is 565 g/mol. The molecule has 0 bridgehead atoms. The molecule has 2 aliphatic heterocycles. The molecule has 2 heterocycles. The van der Waals surface area contributed by atoms with E-state index in [1.807, 2.05) is 21.9 Å². The number of methoxy groups -OCH3 is 1. The van der Waals surface area contributed by atoms with Crippen LogP contribution < -0.4 is 10.1 Å². The van der Waals surface area contributed by atoms with Crippen LogP contribution in [0.25, 0.3) is 0 Å². The van der Waals surface area contributed by atoms with Gasteiger partial charge in [-0.25, -0.2) is 4.79 Å². The fourth-order valence-electron chi connectivity index (χ4n) is 5.84. The predicted molar refractivity (Wildman–Crippen MR) is 164 cm³/mol. The molecule has 1 unspecified atom stereocenters. The lowest BCUT2D eigenvalue weighted by Gasteiger charge is -2.39. The van der Waals surface area contributed by atoms with E-state index in [0.717, 1.165) is 56.9 Å². The largest absolute Gasteiger partial charge is 0.497 e. The molecule has 41 heavy (non-hydrogen) atoms. The Balaban J connectivity index is 1.31. The van der Waals surface area contributed by atoms with Crippen molar-refractivity contribution in [1.82, 2.24) is 14.7 Å². The number of carbonyl (C=O) groups is 2. The average Bonchev–Trinajstić information content (AvgIpc) is 3.01. The summed E-state index contributed by atoms with van der Waals surface area (Å²) in [4.78, 5) is 32.3. The third-order valence-electron chi connectivity index (χ3n) is 8.40. The van der Waals surface area contributed by atoms with Crippen LogP contribution in [-0.2, 0) is 11.2 Å². The molecule has 0 aromatic heterocycles. The summed E-state index contributed by atoms with van der Waals surface area (Å²) in [6, 6.07) is 15.9. The van der Waals surface area contributed by atoms with E-state index in [0.29, 0.717) is 43.8 Å².